The topological polar surface area (TPSA) is 124 Å². The predicted molar refractivity (Wildman–Crippen MR) is 398 cm³/mol. The molecular weight excluding hydrogens is 1240 g/mol. The Morgan fingerprint density at radius 1 is 0.511 bits per heavy atom. The Morgan fingerprint density at radius 2 is 0.968 bits per heavy atom. The highest BCUT2D eigenvalue weighted by Crippen LogP contribution is 2.55. The molecule has 1 aromatic heterocycles. The number of esters is 1. The van der Waals surface area contributed by atoms with E-state index in [1.165, 1.54) is 11.1 Å². The van der Waals surface area contributed by atoms with Crippen LogP contribution in [0, 0.1) is 52.4 Å². The molecule has 1 aliphatic heterocycles. The van der Waals surface area contributed by atoms with Gasteiger partial charge < -0.3 is 31.2 Å². The minimum absolute atomic E-state index is 0.0284. The fraction of sp³-hybridized carbons (Fsp3) is 0.438. The lowest BCUT2D eigenvalue weighted by Gasteiger charge is -2.31. The normalized spacial score (nSPS) is 14.3. The summed E-state index contributed by atoms with van der Waals surface area (Å²) >= 11 is 0. The second-order valence-electron chi connectivity index (χ2n) is 33.3. The molecule has 9 rings (SSSR count). The smallest absolute Gasteiger partial charge is 0.426 e. The molecule has 1 aliphatic rings. The van der Waals surface area contributed by atoms with Gasteiger partial charge in [0.1, 0.15) is 45.5 Å². The average molecular weight is 1340 g/mol. The van der Waals surface area contributed by atoms with Crippen molar-refractivity contribution < 1.29 is 45.6 Å². The van der Waals surface area contributed by atoms with E-state index >= 15 is 0 Å². The predicted octanol–water partition coefficient (Wildman–Crippen LogP) is 22.9. The maximum absolute atomic E-state index is 14.7. The van der Waals surface area contributed by atoms with Gasteiger partial charge in [0.05, 0.1) is 21.6 Å². The molecule has 0 spiro atoms. The summed E-state index contributed by atoms with van der Waals surface area (Å²) in [4.78, 5) is 42.8. The summed E-state index contributed by atoms with van der Waals surface area (Å²) in [5, 5.41) is 3.36. The van der Waals surface area contributed by atoms with Crippen molar-refractivity contribution in [1.29, 1.82) is 0 Å². The molecule has 0 amide bonds. The average Bonchev–Trinajstić information content (AvgIpc) is 1.16. The number of fused-ring (bicyclic) bond motifs is 4. The van der Waals surface area contributed by atoms with Gasteiger partial charge in [-0.3, -0.25) is 9.59 Å². The van der Waals surface area contributed by atoms with Crippen molar-refractivity contribution in [2.45, 2.75) is 221 Å². The summed E-state index contributed by atoms with van der Waals surface area (Å²) in [7, 11) is -9.94. The third-order valence-corrected chi connectivity index (χ3v) is 23.7. The second kappa shape index (κ2) is 25.7. The number of hydrogen-bond donors (Lipinski definition) is 0. The Labute approximate surface area is 564 Å². The van der Waals surface area contributed by atoms with Crippen LogP contribution in [0.4, 0.5) is 0 Å². The summed E-state index contributed by atoms with van der Waals surface area (Å²) < 4.78 is 50.4. The van der Waals surface area contributed by atoms with Crippen LogP contribution in [0.2, 0.25) is 39.3 Å². The minimum Gasteiger partial charge on any atom is -0.426 e. The third-order valence-electron chi connectivity index (χ3n) is 17.8. The summed E-state index contributed by atoms with van der Waals surface area (Å²) in [5.74, 6) is 1.38. The molecule has 0 saturated heterocycles. The van der Waals surface area contributed by atoms with Crippen LogP contribution in [0.15, 0.2) is 93.3 Å². The highest BCUT2D eigenvalue weighted by molar-refractivity contribution is 7.43. The Morgan fingerprint density at radius 3 is 1.39 bits per heavy atom. The van der Waals surface area contributed by atoms with Gasteiger partial charge in [-0.05, 0) is 193 Å². The van der Waals surface area contributed by atoms with E-state index in [0.29, 0.717) is 50.5 Å². The van der Waals surface area contributed by atoms with Crippen molar-refractivity contribution in [3.05, 3.63) is 152 Å². The Balaban J connectivity index is 1.48. The van der Waals surface area contributed by atoms with Crippen molar-refractivity contribution in [2.24, 2.45) is 10.8 Å². The molecule has 0 fully saturated rings. The van der Waals surface area contributed by atoms with E-state index < -0.39 is 60.6 Å². The zero-order valence-corrected chi connectivity index (χ0v) is 65.2. The van der Waals surface area contributed by atoms with Crippen molar-refractivity contribution in [3.63, 3.8) is 0 Å². The van der Waals surface area contributed by atoms with Gasteiger partial charge in [0, 0.05) is 44.9 Å². The highest BCUT2D eigenvalue weighted by Gasteiger charge is 2.40. The molecule has 0 saturated carbocycles. The van der Waals surface area contributed by atoms with Gasteiger partial charge in [-0.2, -0.15) is 0 Å². The number of hydrogen-bond acceptors (Lipinski definition) is 10. The van der Waals surface area contributed by atoms with E-state index in [4.69, 9.17) is 31.2 Å². The Kier molecular flexibility index (Phi) is 19.6. The first-order valence-electron chi connectivity index (χ1n) is 33.3. The SMILES string of the molecule is Cc1cc(C)c(-c2cc(-c3cc(-c4c(C)cc(C)cc4C)cc([Si](C)(C)C)c3Op3oc4c(C(C)(C)C)cc(CC(=O)C(C)(C)C)cc4c4cc(OC(=O)C(C)(C)C)cc(C(C)(C)C)c4o3)c(OP3OC(=O)c4cc(C(C)C)cc(C(C)C)c4O3)c([Si](C)(C)C)c2)c(C)c1. The largest absolute Gasteiger partial charge is 0.532 e. The maximum Gasteiger partial charge on any atom is 0.532 e. The van der Waals surface area contributed by atoms with Crippen LogP contribution < -0.4 is 28.7 Å². The molecule has 10 nitrogen and oxygen atoms in total. The first-order valence-corrected chi connectivity index (χ1v) is 42.5. The molecule has 0 aliphatic carbocycles. The number of carbonyl (C=O) groups is 3. The lowest BCUT2D eigenvalue weighted by Crippen LogP contribution is -2.40. The van der Waals surface area contributed by atoms with E-state index in [1.807, 2.05) is 65.8 Å². The first kappa shape index (κ1) is 71.6. The number of Topliss-reactive ketones (excluding diaryl/α,β-unsaturated/α-hetero) is 1. The third kappa shape index (κ3) is 15.0. The van der Waals surface area contributed by atoms with Crippen molar-refractivity contribution in [3.8, 4) is 56.4 Å². The second-order valence-corrected chi connectivity index (χ2v) is 45.4. The van der Waals surface area contributed by atoms with Crippen molar-refractivity contribution in [1.82, 2.24) is 0 Å². The summed E-state index contributed by atoms with van der Waals surface area (Å²) in [6.07, 6.45) is 0.183. The van der Waals surface area contributed by atoms with Crippen LogP contribution in [0.3, 0.4) is 0 Å². The van der Waals surface area contributed by atoms with E-state index in [2.05, 4.69) is 211 Å². The molecular formula is C80H102O10P2Si2. The van der Waals surface area contributed by atoms with Crippen LogP contribution in [0.5, 0.6) is 23.0 Å². The molecule has 0 N–H and O–H groups in total. The zero-order valence-electron chi connectivity index (χ0n) is 61.4. The van der Waals surface area contributed by atoms with E-state index in [0.717, 1.165) is 93.8 Å². The van der Waals surface area contributed by atoms with Gasteiger partial charge in [0.25, 0.3) is 0 Å². The highest BCUT2D eigenvalue weighted by atomic mass is 31.2. The van der Waals surface area contributed by atoms with Crippen LogP contribution in [0.25, 0.3) is 55.3 Å². The Bertz CT molecular complexity index is 4260. The molecule has 2 atom stereocenters. The number of ether oxygens (including phenoxy) is 1. The molecule has 14 heteroatoms. The van der Waals surface area contributed by atoms with E-state index in [1.54, 1.807) is 0 Å². The maximum atomic E-state index is 14.7. The number of ketones is 1. The van der Waals surface area contributed by atoms with Gasteiger partial charge in [0.15, 0.2) is 0 Å². The fourth-order valence-corrected chi connectivity index (χ4v) is 18.0. The minimum atomic E-state index is -2.57. The molecule has 8 aromatic rings. The number of aryl methyl sites for hydroxylation is 6. The quantitative estimate of drug-likeness (QED) is 0.0450. The van der Waals surface area contributed by atoms with E-state index in [9.17, 15) is 14.4 Å². The van der Waals surface area contributed by atoms with Crippen molar-refractivity contribution in [2.75, 3.05) is 0 Å². The molecule has 2 unspecified atom stereocenters. The number of carbonyl (C=O) groups excluding carboxylic acids is 3. The van der Waals surface area contributed by atoms with Crippen LogP contribution in [-0.4, -0.2) is 33.9 Å². The molecule has 2 heterocycles. The first-order chi connectivity index (χ1) is 43.2. The number of rotatable bonds is 14. The number of benzene rings is 7. The molecule has 7 aromatic carbocycles. The van der Waals surface area contributed by atoms with Crippen LogP contribution >= 0.6 is 16.8 Å². The molecule has 94 heavy (non-hydrogen) atoms. The van der Waals surface area contributed by atoms with Gasteiger partial charge >= 0.3 is 28.8 Å². The zero-order chi connectivity index (χ0) is 69.8. The lowest BCUT2D eigenvalue weighted by atomic mass is 9.81. The van der Waals surface area contributed by atoms with Crippen molar-refractivity contribution >= 4 is 83.0 Å². The van der Waals surface area contributed by atoms with Crippen LogP contribution in [-0.2, 0) is 31.4 Å². The van der Waals surface area contributed by atoms with Gasteiger partial charge in [-0.25, -0.2) is 4.79 Å². The van der Waals surface area contributed by atoms with Crippen LogP contribution in [0.1, 0.15) is 194 Å². The van der Waals surface area contributed by atoms with Gasteiger partial charge in [0.2, 0.25) is 0 Å². The van der Waals surface area contributed by atoms with E-state index in [-0.39, 0.29) is 30.0 Å². The van der Waals surface area contributed by atoms with Gasteiger partial charge in [-0.15, -0.1) is 0 Å². The lowest BCUT2D eigenvalue weighted by molar-refractivity contribution is -0.143. The summed E-state index contributed by atoms with van der Waals surface area (Å²) in [5.41, 5.74) is 15.9. The standard InChI is InChI=1S/C80H102O10P2Si2/c1-44(2)53-36-57(45(3)4)70-62(37-53)75(82)90-92(85-70)89-74-60(39-55(41-66(74)94(26,27)28)69-50(9)31-47(6)32-51(69)10)59-38-54(68-48(7)29-46(5)30-49(68)8)40-65(93(23,24)25)73(59)88-91-86-71-58(33-52(34-63(71)77(11,12)13)35-67(81)79(17,18)19)61-42-56(84-76(83)80(20,21)22)43-64(72(61)87-91)78(14,15)16/h29-34,36-45H,35H2,1-28H3. The monoisotopic (exact) mass is 1340 g/mol. The molecule has 0 radical (unpaired) electrons. The summed E-state index contributed by atoms with van der Waals surface area (Å²) in [6.45, 7) is 59.7. The molecule has 500 valence electrons. The summed E-state index contributed by atoms with van der Waals surface area (Å²) in [6, 6.07) is 30.1. The Hall–Kier alpha value is -6.69. The van der Waals surface area contributed by atoms with Gasteiger partial charge in [-0.1, -0.05) is 189 Å². The molecule has 0 bridgehead atoms. The fourth-order valence-electron chi connectivity index (χ4n) is 12.7.